The number of amides is 1. The first-order chi connectivity index (χ1) is 17.8. The van der Waals surface area contributed by atoms with Crippen LogP contribution in [0.1, 0.15) is 57.2 Å². The Balaban J connectivity index is 2.51. The summed E-state index contributed by atoms with van der Waals surface area (Å²) in [5, 5.41) is 31.1. The Hall–Kier alpha value is -3.92. The Morgan fingerprint density at radius 3 is 2.13 bits per heavy atom. The van der Waals surface area contributed by atoms with Gasteiger partial charge in [-0.05, 0) is 63.1 Å². The molecule has 1 unspecified atom stereocenters. The van der Waals surface area contributed by atoms with Crippen molar-refractivity contribution < 1.29 is 24.2 Å². The minimum absolute atomic E-state index is 0.0397. The van der Waals surface area contributed by atoms with Gasteiger partial charge in [0.15, 0.2) is 5.84 Å². The van der Waals surface area contributed by atoms with Gasteiger partial charge in [0.05, 0.1) is 19.8 Å². The third kappa shape index (κ3) is 7.10. The molecule has 10 heteroatoms. The van der Waals surface area contributed by atoms with E-state index in [-0.39, 0.29) is 35.1 Å². The highest BCUT2D eigenvalue weighted by Gasteiger charge is 2.28. The van der Waals surface area contributed by atoms with E-state index in [1.54, 1.807) is 51.1 Å². The molecule has 0 spiro atoms. The van der Waals surface area contributed by atoms with Gasteiger partial charge >= 0.3 is 5.97 Å². The Labute approximate surface area is 224 Å². The Kier molecular flexibility index (Phi) is 10.4. The summed E-state index contributed by atoms with van der Waals surface area (Å²) in [5.74, 6) is -1.37. The molecule has 2 rings (SSSR count). The van der Waals surface area contributed by atoms with E-state index in [9.17, 15) is 14.7 Å². The molecule has 4 N–H and O–H groups in total. The second-order valence-corrected chi connectivity index (χ2v) is 9.71. The number of phenols is 1. The first-order valence-electron chi connectivity index (χ1n) is 12.4. The van der Waals surface area contributed by atoms with Crippen molar-refractivity contribution >= 4 is 29.2 Å². The highest BCUT2D eigenvalue weighted by molar-refractivity contribution is 6.48. The highest BCUT2D eigenvalue weighted by atomic mass is 16.5. The number of amidine groups is 2. The fourth-order valence-electron chi connectivity index (χ4n) is 3.85. The zero-order chi connectivity index (χ0) is 28.7. The molecule has 0 aliphatic heterocycles. The van der Waals surface area contributed by atoms with Gasteiger partial charge in [0.2, 0.25) is 0 Å². The number of likely N-dealkylation sites (N-methyl/N-ethyl adjacent to an activating group) is 1. The average molecular weight is 526 g/mol. The van der Waals surface area contributed by atoms with Crippen molar-refractivity contribution in [3.05, 3.63) is 53.1 Å². The van der Waals surface area contributed by atoms with Gasteiger partial charge in [0.25, 0.3) is 5.91 Å². The van der Waals surface area contributed by atoms with Gasteiger partial charge in [-0.15, -0.1) is 0 Å². The number of hydrogen-bond acceptors (Lipinski definition) is 8. The SMILES string of the molecule is COC(=O)C(C)N(C)Cc1ccc(N(C(=N)C(=O)NC(C)C)C(=N)c2cc(C(C)C)c(OC)cc2O)cc1. The zero-order valence-electron chi connectivity index (χ0n) is 23.4. The lowest BCUT2D eigenvalue weighted by molar-refractivity contribution is -0.146. The average Bonchev–Trinajstić information content (AvgIpc) is 2.87. The van der Waals surface area contributed by atoms with Crippen molar-refractivity contribution in [3.8, 4) is 11.5 Å². The number of phenolic OH excluding ortho intramolecular Hbond substituents is 1. The van der Waals surface area contributed by atoms with E-state index in [4.69, 9.17) is 20.3 Å². The summed E-state index contributed by atoms with van der Waals surface area (Å²) in [5.41, 5.74) is 2.22. The summed E-state index contributed by atoms with van der Waals surface area (Å²) in [6.45, 7) is 9.71. The zero-order valence-corrected chi connectivity index (χ0v) is 23.4. The number of ether oxygens (including phenoxy) is 2. The van der Waals surface area contributed by atoms with Gasteiger partial charge < -0.3 is 19.9 Å². The van der Waals surface area contributed by atoms with Gasteiger partial charge in [0, 0.05) is 24.3 Å². The van der Waals surface area contributed by atoms with Crippen molar-refractivity contribution in [3.63, 3.8) is 0 Å². The summed E-state index contributed by atoms with van der Waals surface area (Å²) in [6.07, 6.45) is 0. The van der Waals surface area contributed by atoms with E-state index in [1.807, 2.05) is 25.8 Å². The van der Waals surface area contributed by atoms with Crippen LogP contribution in [0.3, 0.4) is 0 Å². The molecule has 38 heavy (non-hydrogen) atoms. The molecule has 0 aliphatic carbocycles. The number of nitrogens with zero attached hydrogens (tertiary/aromatic N) is 2. The molecule has 2 aromatic carbocycles. The van der Waals surface area contributed by atoms with Crippen molar-refractivity contribution in [2.75, 3.05) is 26.2 Å². The van der Waals surface area contributed by atoms with E-state index in [1.165, 1.54) is 25.2 Å². The maximum absolute atomic E-state index is 12.8. The number of benzene rings is 2. The van der Waals surface area contributed by atoms with E-state index in [0.29, 0.717) is 18.0 Å². The third-order valence-corrected chi connectivity index (χ3v) is 6.14. The van der Waals surface area contributed by atoms with Crippen LogP contribution in [0.15, 0.2) is 36.4 Å². The summed E-state index contributed by atoms with van der Waals surface area (Å²) in [7, 11) is 4.66. The number of hydrogen-bond donors (Lipinski definition) is 4. The smallest absolute Gasteiger partial charge is 0.322 e. The number of aromatic hydroxyl groups is 1. The standard InChI is InChI=1S/C28H39N5O5/c1-16(2)21-13-22(23(34)14-24(21)37-7)25(29)33(26(30)27(35)31-17(3)4)20-11-9-19(10-12-20)15-32(6)18(5)28(36)38-8/h9-14,16-18,29-30,34H,15H2,1-8H3,(H,31,35). The van der Waals surface area contributed by atoms with Gasteiger partial charge in [-0.3, -0.25) is 30.2 Å². The van der Waals surface area contributed by atoms with Crippen LogP contribution >= 0.6 is 0 Å². The van der Waals surface area contributed by atoms with E-state index in [0.717, 1.165) is 11.1 Å². The maximum Gasteiger partial charge on any atom is 0.322 e. The van der Waals surface area contributed by atoms with Gasteiger partial charge in [-0.2, -0.15) is 0 Å². The molecular formula is C28H39N5O5. The molecule has 0 saturated carbocycles. The van der Waals surface area contributed by atoms with E-state index < -0.39 is 17.8 Å². The van der Waals surface area contributed by atoms with Gasteiger partial charge in [-0.25, -0.2) is 0 Å². The van der Waals surface area contributed by atoms with Crippen LogP contribution in [0, 0.1) is 10.8 Å². The molecule has 0 bridgehead atoms. The fourth-order valence-corrected chi connectivity index (χ4v) is 3.85. The summed E-state index contributed by atoms with van der Waals surface area (Å²) in [4.78, 5) is 27.7. The maximum atomic E-state index is 12.8. The number of methoxy groups -OCH3 is 2. The number of carbonyl (C=O) groups excluding carboxylic acids is 2. The summed E-state index contributed by atoms with van der Waals surface area (Å²) < 4.78 is 10.2. The molecule has 2 aromatic rings. The lowest BCUT2D eigenvalue weighted by atomic mass is 9.97. The Morgan fingerprint density at radius 1 is 1.03 bits per heavy atom. The first-order valence-corrected chi connectivity index (χ1v) is 12.4. The number of rotatable bonds is 9. The number of anilines is 1. The summed E-state index contributed by atoms with van der Waals surface area (Å²) >= 11 is 0. The van der Waals surface area contributed by atoms with Crippen LogP contribution in [0.4, 0.5) is 5.69 Å². The Bertz CT molecular complexity index is 1180. The predicted molar refractivity (Wildman–Crippen MR) is 148 cm³/mol. The molecule has 206 valence electrons. The van der Waals surface area contributed by atoms with Crippen molar-refractivity contribution in [1.29, 1.82) is 10.8 Å². The van der Waals surface area contributed by atoms with Crippen LogP contribution in [0.25, 0.3) is 0 Å². The largest absolute Gasteiger partial charge is 0.507 e. The topological polar surface area (TPSA) is 139 Å². The minimum atomic E-state index is -0.655. The first kappa shape index (κ1) is 30.3. The predicted octanol–water partition coefficient (Wildman–Crippen LogP) is 3.85. The lowest BCUT2D eigenvalue weighted by Gasteiger charge is -2.27. The van der Waals surface area contributed by atoms with Crippen molar-refractivity contribution in [2.45, 2.75) is 59.2 Å². The highest BCUT2D eigenvalue weighted by Crippen LogP contribution is 2.34. The molecule has 0 heterocycles. The molecular weight excluding hydrogens is 486 g/mol. The monoisotopic (exact) mass is 525 g/mol. The van der Waals surface area contributed by atoms with Crippen LogP contribution in [-0.4, -0.2) is 66.9 Å². The molecule has 10 nitrogen and oxygen atoms in total. The number of carbonyl (C=O) groups is 2. The minimum Gasteiger partial charge on any atom is -0.507 e. The van der Waals surface area contributed by atoms with Crippen LogP contribution in [0.2, 0.25) is 0 Å². The van der Waals surface area contributed by atoms with E-state index >= 15 is 0 Å². The van der Waals surface area contributed by atoms with Crippen LogP contribution in [-0.2, 0) is 20.9 Å². The van der Waals surface area contributed by atoms with Crippen LogP contribution in [0.5, 0.6) is 11.5 Å². The Morgan fingerprint density at radius 2 is 1.63 bits per heavy atom. The lowest BCUT2D eigenvalue weighted by Crippen LogP contribution is -2.47. The van der Waals surface area contributed by atoms with Gasteiger partial charge in [-0.1, -0.05) is 26.0 Å². The molecule has 0 saturated heterocycles. The number of esters is 1. The second-order valence-electron chi connectivity index (χ2n) is 9.71. The molecule has 1 atom stereocenters. The molecule has 1 amide bonds. The quantitative estimate of drug-likeness (QED) is 0.222. The van der Waals surface area contributed by atoms with Crippen LogP contribution < -0.4 is 15.0 Å². The van der Waals surface area contributed by atoms with Gasteiger partial charge in [0.1, 0.15) is 23.4 Å². The third-order valence-electron chi connectivity index (χ3n) is 6.14. The normalized spacial score (nSPS) is 11.9. The molecule has 0 radical (unpaired) electrons. The number of nitrogens with one attached hydrogen (secondary N) is 3. The summed E-state index contributed by atoms with van der Waals surface area (Å²) in [6, 6.07) is 9.44. The molecule has 0 aromatic heterocycles. The fraction of sp³-hybridized carbons (Fsp3) is 0.429. The van der Waals surface area contributed by atoms with Crippen molar-refractivity contribution in [2.24, 2.45) is 0 Å². The van der Waals surface area contributed by atoms with Crippen molar-refractivity contribution in [1.82, 2.24) is 10.2 Å². The molecule has 0 fully saturated rings. The van der Waals surface area contributed by atoms with E-state index in [2.05, 4.69) is 5.32 Å². The molecule has 0 aliphatic rings. The second kappa shape index (κ2) is 13.0.